The van der Waals surface area contributed by atoms with Gasteiger partial charge in [0, 0.05) is 5.41 Å². The lowest BCUT2D eigenvalue weighted by molar-refractivity contribution is -0.147. The van der Waals surface area contributed by atoms with Gasteiger partial charge in [-0.2, -0.15) is 4.72 Å². The fourth-order valence-corrected chi connectivity index (χ4v) is 3.22. The fourth-order valence-electron chi connectivity index (χ4n) is 2.00. The summed E-state index contributed by atoms with van der Waals surface area (Å²) in [6, 6.07) is 9.06. The minimum absolute atomic E-state index is 0.359. The summed E-state index contributed by atoms with van der Waals surface area (Å²) in [5.74, 6) is -0.596. The lowest BCUT2D eigenvalue weighted by atomic mass is 9.98. The highest BCUT2D eigenvalue weighted by atomic mass is 32.2. The molecular weight excluding hydrogens is 290 g/mol. The monoisotopic (exact) mass is 311 g/mol. The van der Waals surface area contributed by atoms with Crippen LogP contribution in [0.4, 0.5) is 0 Å². The van der Waals surface area contributed by atoms with Gasteiger partial charge in [-0.3, -0.25) is 4.79 Å². The van der Waals surface area contributed by atoms with E-state index in [0.717, 1.165) is 11.0 Å². The van der Waals surface area contributed by atoms with E-state index in [4.69, 9.17) is 0 Å². The van der Waals surface area contributed by atoms with Crippen LogP contribution >= 0.6 is 0 Å². The zero-order valence-corrected chi connectivity index (χ0v) is 13.3. The molecule has 0 aromatic heterocycles. The summed E-state index contributed by atoms with van der Waals surface area (Å²) in [6.45, 7) is 3.39. The third-order valence-corrected chi connectivity index (χ3v) is 4.22. The molecule has 0 saturated heterocycles. The van der Waals surface area contributed by atoms with Gasteiger partial charge < -0.3 is 4.74 Å². The van der Waals surface area contributed by atoms with Crippen LogP contribution in [-0.4, -0.2) is 27.0 Å². The molecule has 1 unspecified atom stereocenters. The normalized spacial score (nSPS) is 14.8. The molecule has 0 bridgehead atoms. The molecule has 0 aliphatic heterocycles. The third kappa shape index (κ3) is 5.32. The van der Waals surface area contributed by atoms with Crippen LogP contribution in [0.25, 0.3) is 6.08 Å². The number of nitrogens with one attached hydrogen (secondary N) is 1. The number of methoxy groups -OCH3 is 1. The first-order valence-electron chi connectivity index (χ1n) is 6.68. The Morgan fingerprint density at radius 1 is 1.33 bits per heavy atom. The third-order valence-electron chi connectivity index (χ3n) is 2.99. The molecule has 6 heteroatoms. The Kier molecular flexibility index (Phi) is 6.11. The summed E-state index contributed by atoms with van der Waals surface area (Å²) in [4.78, 5) is 11.8. The fraction of sp³-hybridized carbons (Fsp3) is 0.400. The van der Waals surface area contributed by atoms with Crippen LogP contribution in [0, 0.1) is 0 Å². The number of carbonyl (C=O) groups excluding carboxylic acids is 1. The number of benzene rings is 1. The number of hydrogen-bond donors (Lipinski definition) is 1. The van der Waals surface area contributed by atoms with Crippen LogP contribution in [-0.2, 0) is 19.6 Å². The Labute approximate surface area is 126 Å². The van der Waals surface area contributed by atoms with Crippen molar-refractivity contribution in [1.82, 2.24) is 4.72 Å². The summed E-state index contributed by atoms with van der Waals surface area (Å²) < 4.78 is 31.3. The second-order valence-corrected chi connectivity index (χ2v) is 6.50. The van der Waals surface area contributed by atoms with Crippen molar-refractivity contribution in [2.75, 3.05) is 7.11 Å². The van der Waals surface area contributed by atoms with Crippen molar-refractivity contribution in [3.8, 4) is 0 Å². The molecule has 1 aromatic rings. The van der Waals surface area contributed by atoms with Gasteiger partial charge in [0.15, 0.2) is 0 Å². The molecule has 0 fully saturated rings. The molecule has 0 aliphatic rings. The van der Waals surface area contributed by atoms with Crippen LogP contribution in [0.5, 0.6) is 0 Å². The first-order chi connectivity index (χ1) is 9.83. The molecule has 5 nitrogen and oxygen atoms in total. The minimum atomic E-state index is -3.75. The molecule has 1 N–H and O–H groups in total. The molecule has 0 aliphatic carbocycles. The average Bonchev–Trinajstić information content (AvgIpc) is 2.45. The zero-order valence-electron chi connectivity index (χ0n) is 12.5. The van der Waals surface area contributed by atoms with Crippen molar-refractivity contribution >= 4 is 22.1 Å². The smallest absolute Gasteiger partial charge is 0.326 e. The highest BCUT2D eigenvalue weighted by Gasteiger charge is 2.36. The van der Waals surface area contributed by atoms with Gasteiger partial charge in [0.25, 0.3) is 0 Å². The quantitative estimate of drug-likeness (QED) is 0.784. The number of hydrogen-bond acceptors (Lipinski definition) is 4. The van der Waals surface area contributed by atoms with Gasteiger partial charge in [0.1, 0.15) is 5.54 Å². The SMILES string of the molecule is CCCC(C)(NS(=O)(=O)/C=C/c1ccccc1)C(=O)OC. The molecule has 0 amide bonds. The molecule has 1 rings (SSSR count). The lowest BCUT2D eigenvalue weighted by Crippen LogP contribution is -2.52. The molecule has 1 aromatic carbocycles. The van der Waals surface area contributed by atoms with E-state index in [9.17, 15) is 13.2 Å². The van der Waals surface area contributed by atoms with Gasteiger partial charge in [-0.25, -0.2) is 8.42 Å². The van der Waals surface area contributed by atoms with Crippen molar-refractivity contribution < 1.29 is 17.9 Å². The summed E-state index contributed by atoms with van der Waals surface area (Å²) in [5, 5.41) is 1.05. The molecule has 0 radical (unpaired) electrons. The van der Waals surface area contributed by atoms with Crippen LogP contribution in [0.1, 0.15) is 32.3 Å². The zero-order chi connectivity index (χ0) is 15.9. The van der Waals surface area contributed by atoms with Crippen molar-refractivity contribution in [3.63, 3.8) is 0 Å². The first kappa shape index (κ1) is 17.4. The van der Waals surface area contributed by atoms with Crippen molar-refractivity contribution in [2.45, 2.75) is 32.2 Å². The number of rotatable bonds is 7. The van der Waals surface area contributed by atoms with Gasteiger partial charge in [0.05, 0.1) is 7.11 Å². The van der Waals surface area contributed by atoms with Gasteiger partial charge in [-0.1, -0.05) is 43.7 Å². The van der Waals surface area contributed by atoms with Crippen molar-refractivity contribution in [2.24, 2.45) is 0 Å². The predicted molar refractivity (Wildman–Crippen MR) is 82.9 cm³/mol. The maximum absolute atomic E-state index is 12.1. The number of ether oxygens (including phenoxy) is 1. The molecule has 116 valence electrons. The Morgan fingerprint density at radius 2 is 1.95 bits per heavy atom. The van der Waals surface area contributed by atoms with Crippen LogP contribution in [0.15, 0.2) is 35.7 Å². The Balaban J connectivity index is 2.92. The molecule has 21 heavy (non-hydrogen) atoms. The molecular formula is C15H21NO4S. The van der Waals surface area contributed by atoms with E-state index in [1.807, 2.05) is 25.1 Å². The van der Waals surface area contributed by atoms with E-state index in [-0.39, 0.29) is 0 Å². The van der Waals surface area contributed by atoms with Crippen molar-refractivity contribution in [3.05, 3.63) is 41.3 Å². The van der Waals surface area contributed by atoms with E-state index in [2.05, 4.69) is 9.46 Å². The van der Waals surface area contributed by atoms with Gasteiger partial charge in [-0.15, -0.1) is 0 Å². The van der Waals surface area contributed by atoms with E-state index in [0.29, 0.717) is 12.8 Å². The topological polar surface area (TPSA) is 72.5 Å². The Bertz CT molecular complexity index is 595. The predicted octanol–water partition coefficient (Wildman–Crippen LogP) is 2.31. The first-order valence-corrected chi connectivity index (χ1v) is 8.23. The lowest BCUT2D eigenvalue weighted by Gasteiger charge is -2.26. The second-order valence-electron chi connectivity index (χ2n) is 4.93. The highest BCUT2D eigenvalue weighted by Crippen LogP contribution is 2.16. The Hall–Kier alpha value is -1.66. The summed E-state index contributed by atoms with van der Waals surface area (Å²) in [6.07, 6.45) is 2.49. The van der Waals surface area contributed by atoms with E-state index < -0.39 is 21.5 Å². The minimum Gasteiger partial charge on any atom is -0.468 e. The van der Waals surface area contributed by atoms with Crippen LogP contribution in [0.2, 0.25) is 0 Å². The number of carbonyl (C=O) groups is 1. The second kappa shape index (κ2) is 7.38. The van der Waals surface area contributed by atoms with E-state index in [1.54, 1.807) is 12.1 Å². The number of esters is 1. The molecule has 0 spiro atoms. The highest BCUT2D eigenvalue weighted by molar-refractivity contribution is 7.92. The number of sulfonamides is 1. The molecule has 0 heterocycles. The largest absolute Gasteiger partial charge is 0.468 e. The summed E-state index contributed by atoms with van der Waals surface area (Å²) in [5.41, 5.74) is -0.498. The van der Waals surface area contributed by atoms with Crippen LogP contribution < -0.4 is 4.72 Å². The maximum Gasteiger partial charge on any atom is 0.326 e. The molecule has 0 saturated carbocycles. The van der Waals surface area contributed by atoms with Gasteiger partial charge in [0.2, 0.25) is 10.0 Å². The standard InChI is InChI=1S/C15H21NO4S/c1-4-11-15(2,14(17)20-3)16-21(18,19)12-10-13-8-6-5-7-9-13/h5-10,12,16H,4,11H2,1-3H3/b12-10+. The average molecular weight is 311 g/mol. The Morgan fingerprint density at radius 3 is 2.48 bits per heavy atom. The van der Waals surface area contributed by atoms with E-state index in [1.165, 1.54) is 20.1 Å². The summed E-state index contributed by atoms with van der Waals surface area (Å²) >= 11 is 0. The van der Waals surface area contributed by atoms with Gasteiger partial charge in [-0.05, 0) is 25.0 Å². The van der Waals surface area contributed by atoms with E-state index >= 15 is 0 Å². The maximum atomic E-state index is 12.1. The summed E-state index contributed by atoms with van der Waals surface area (Å²) in [7, 11) is -2.51. The van der Waals surface area contributed by atoms with Gasteiger partial charge >= 0.3 is 5.97 Å². The van der Waals surface area contributed by atoms with Crippen LogP contribution in [0.3, 0.4) is 0 Å². The molecule has 1 atom stereocenters. The van der Waals surface area contributed by atoms with Crippen molar-refractivity contribution in [1.29, 1.82) is 0 Å².